The zero-order valence-electron chi connectivity index (χ0n) is 14.3. The van der Waals surface area contributed by atoms with E-state index in [2.05, 4.69) is 0 Å². The molecule has 134 valence electrons. The van der Waals surface area contributed by atoms with Crippen molar-refractivity contribution in [2.24, 2.45) is 0 Å². The van der Waals surface area contributed by atoms with Crippen LogP contribution in [0.3, 0.4) is 0 Å². The van der Waals surface area contributed by atoms with Crippen LogP contribution in [0, 0.1) is 0 Å². The third-order valence-corrected chi connectivity index (χ3v) is 3.30. The van der Waals surface area contributed by atoms with Gasteiger partial charge in [-0.15, -0.1) is 0 Å². The van der Waals surface area contributed by atoms with Crippen LogP contribution in [0.5, 0.6) is 0 Å². The van der Waals surface area contributed by atoms with Gasteiger partial charge in [0.25, 0.3) is 0 Å². The molecule has 6 heteroatoms. The number of nitrogens with two attached hydrogens (primary N) is 2. The van der Waals surface area contributed by atoms with Crippen LogP contribution >= 0.6 is 0 Å². The molecule has 0 aliphatic heterocycles. The fourth-order valence-electron chi connectivity index (χ4n) is 2.02. The lowest BCUT2D eigenvalue weighted by Gasteiger charge is -1.99. The zero-order valence-corrected chi connectivity index (χ0v) is 14.3. The normalized spacial score (nSPS) is 10.9. The number of hydrogen-bond donors (Lipinski definition) is 2. The van der Waals surface area contributed by atoms with Crippen LogP contribution in [0.25, 0.3) is 0 Å². The van der Waals surface area contributed by atoms with Crippen molar-refractivity contribution < 1.29 is 30.2 Å². The molecule has 4 N–H and O–H groups in total. The molecule has 0 aliphatic rings. The van der Waals surface area contributed by atoms with Crippen LogP contribution < -0.4 is 11.0 Å². The lowest BCUT2D eigenvalue weighted by atomic mass is 10.2. The molecule has 0 saturated heterocycles. The van der Waals surface area contributed by atoms with Crippen molar-refractivity contribution in [3.63, 3.8) is 0 Å². The van der Waals surface area contributed by atoms with Crippen LogP contribution in [0.1, 0.15) is 11.1 Å². The van der Waals surface area contributed by atoms with Gasteiger partial charge in [0.1, 0.15) is 13.1 Å². The number of carbonyl (C=O) groups is 2. The van der Waals surface area contributed by atoms with Crippen LogP contribution in [0.4, 0.5) is 0 Å². The zero-order chi connectivity index (χ0) is 18.5. The topological polar surface area (TPSA) is 85.8 Å². The average Bonchev–Trinajstić information content (AvgIpc) is 2.67. The highest BCUT2D eigenvalue weighted by Crippen LogP contribution is 1.95. The SMILES string of the molecule is O=C(/C=C\C=C/C(=O)O[NH2+]Cc1ccccc1)O[NH2+]Cc1ccccc1. The third kappa shape index (κ3) is 8.05. The number of hydroxylamine groups is 2. The van der Waals surface area contributed by atoms with E-state index in [4.69, 9.17) is 9.68 Å². The summed E-state index contributed by atoms with van der Waals surface area (Å²) in [6.07, 6.45) is 5.33. The molecule has 0 spiro atoms. The van der Waals surface area contributed by atoms with Crippen LogP contribution in [-0.2, 0) is 32.4 Å². The van der Waals surface area contributed by atoms with E-state index < -0.39 is 11.9 Å². The fraction of sp³-hybridized carbons (Fsp3) is 0.100. The molecule has 2 aromatic carbocycles. The smallest absolute Gasteiger partial charge is 0.275 e. The van der Waals surface area contributed by atoms with Gasteiger partial charge in [0, 0.05) is 23.3 Å². The molecule has 0 atom stereocenters. The second-order valence-corrected chi connectivity index (χ2v) is 5.30. The summed E-state index contributed by atoms with van der Waals surface area (Å²) in [5.74, 6) is -1.01. The minimum atomic E-state index is -0.505. The molecule has 0 radical (unpaired) electrons. The molecule has 0 fully saturated rings. The van der Waals surface area contributed by atoms with Gasteiger partial charge in [-0.2, -0.15) is 11.0 Å². The first-order valence-electron chi connectivity index (χ1n) is 8.21. The molecule has 26 heavy (non-hydrogen) atoms. The molecular formula is C20H22N2O4+2. The van der Waals surface area contributed by atoms with Gasteiger partial charge in [-0.25, -0.2) is 9.59 Å². The van der Waals surface area contributed by atoms with Crippen molar-refractivity contribution >= 4 is 11.9 Å². The summed E-state index contributed by atoms with van der Waals surface area (Å²) in [6, 6.07) is 19.3. The molecule has 0 bridgehead atoms. The first-order chi connectivity index (χ1) is 12.7. The number of allylic oxidation sites excluding steroid dienone is 2. The Bertz CT molecular complexity index is 677. The molecular weight excluding hydrogens is 332 g/mol. The molecule has 0 heterocycles. The van der Waals surface area contributed by atoms with E-state index in [-0.39, 0.29) is 0 Å². The fourth-order valence-corrected chi connectivity index (χ4v) is 2.02. The van der Waals surface area contributed by atoms with E-state index in [9.17, 15) is 9.59 Å². The molecule has 2 aromatic rings. The monoisotopic (exact) mass is 354 g/mol. The summed E-state index contributed by atoms with van der Waals surface area (Å²) >= 11 is 0. The Labute approximate surface area is 152 Å². The predicted molar refractivity (Wildman–Crippen MR) is 94.6 cm³/mol. The molecule has 0 amide bonds. The van der Waals surface area contributed by atoms with Gasteiger partial charge in [-0.1, -0.05) is 72.8 Å². The summed E-state index contributed by atoms with van der Waals surface area (Å²) in [5, 5.41) is 0. The van der Waals surface area contributed by atoms with Crippen LogP contribution in [0.15, 0.2) is 85.0 Å². The summed E-state index contributed by atoms with van der Waals surface area (Å²) < 4.78 is 0. The highest BCUT2D eigenvalue weighted by atomic mass is 16.7. The van der Waals surface area contributed by atoms with Gasteiger partial charge >= 0.3 is 11.9 Å². The second-order valence-electron chi connectivity index (χ2n) is 5.30. The Morgan fingerprint density at radius 2 is 1.08 bits per heavy atom. The number of benzene rings is 2. The first-order valence-corrected chi connectivity index (χ1v) is 8.21. The van der Waals surface area contributed by atoms with Gasteiger partial charge in [-0.3, -0.25) is 9.68 Å². The van der Waals surface area contributed by atoms with Crippen molar-refractivity contribution in [2.75, 3.05) is 0 Å². The van der Waals surface area contributed by atoms with Crippen molar-refractivity contribution in [3.05, 3.63) is 96.1 Å². The van der Waals surface area contributed by atoms with Crippen molar-refractivity contribution in [1.82, 2.24) is 0 Å². The van der Waals surface area contributed by atoms with Gasteiger partial charge in [0.15, 0.2) is 0 Å². The maximum absolute atomic E-state index is 11.5. The van der Waals surface area contributed by atoms with Gasteiger partial charge in [-0.05, 0) is 0 Å². The van der Waals surface area contributed by atoms with Gasteiger partial charge < -0.3 is 0 Å². The summed E-state index contributed by atoms with van der Waals surface area (Å²) in [6.45, 7) is 1.08. The minimum Gasteiger partial charge on any atom is -0.275 e. The maximum Gasteiger partial charge on any atom is 0.390 e. The van der Waals surface area contributed by atoms with E-state index in [0.717, 1.165) is 11.1 Å². The largest absolute Gasteiger partial charge is 0.390 e. The van der Waals surface area contributed by atoms with E-state index in [0.29, 0.717) is 13.1 Å². The highest BCUT2D eigenvalue weighted by Gasteiger charge is 2.02. The third-order valence-electron chi connectivity index (χ3n) is 3.30. The minimum absolute atomic E-state index is 0.505. The Balaban J connectivity index is 1.58. The van der Waals surface area contributed by atoms with Gasteiger partial charge in [0.05, 0.1) is 0 Å². The van der Waals surface area contributed by atoms with Crippen LogP contribution in [-0.4, -0.2) is 11.9 Å². The standard InChI is InChI=1S/C20H20N2O4/c23-19(25-21-15-17-9-3-1-4-10-17)13-7-8-14-20(24)26-22-16-18-11-5-2-6-12-18/h1-14,21-22H,15-16H2/p+2/b13-7-,14-8-. The van der Waals surface area contributed by atoms with Crippen molar-refractivity contribution in [3.8, 4) is 0 Å². The summed E-state index contributed by atoms with van der Waals surface area (Å²) in [5.41, 5.74) is 4.99. The maximum atomic E-state index is 11.5. The van der Waals surface area contributed by atoms with Gasteiger partial charge in [0.2, 0.25) is 0 Å². The summed E-state index contributed by atoms with van der Waals surface area (Å²) in [7, 11) is 0. The van der Waals surface area contributed by atoms with E-state index in [1.165, 1.54) is 35.3 Å². The Kier molecular flexibility index (Phi) is 8.35. The lowest BCUT2D eigenvalue weighted by molar-refractivity contribution is -0.884. The van der Waals surface area contributed by atoms with Crippen molar-refractivity contribution in [2.45, 2.75) is 13.1 Å². The Morgan fingerprint density at radius 1 is 0.692 bits per heavy atom. The molecule has 0 aromatic heterocycles. The highest BCUT2D eigenvalue weighted by molar-refractivity contribution is 5.83. The van der Waals surface area contributed by atoms with E-state index >= 15 is 0 Å². The van der Waals surface area contributed by atoms with Crippen LogP contribution in [0.2, 0.25) is 0 Å². The number of hydrogen-bond acceptors (Lipinski definition) is 4. The van der Waals surface area contributed by atoms with E-state index in [1.807, 2.05) is 60.7 Å². The quantitative estimate of drug-likeness (QED) is 0.391. The second kappa shape index (κ2) is 11.4. The number of carbonyl (C=O) groups excluding carboxylic acids is 2. The summed E-state index contributed by atoms with van der Waals surface area (Å²) in [4.78, 5) is 32.9. The van der Waals surface area contributed by atoms with Crippen molar-refractivity contribution in [1.29, 1.82) is 0 Å². The molecule has 0 saturated carbocycles. The average molecular weight is 354 g/mol. The van der Waals surface area contributed by atoms with E-state index in [1.54, 1.807) is 0 Å². The Morgan fingerprint density at radius 3 is 1.46 bits per heavy atom. The lowest BCUT2D eigenvalue weighted by Crippen LogP contribution is -2.82. The molecule has 0 aliphatic carbocycles. The molecule has 0 unspecified atom stereocenters. The Hall–Kier alpha value is -3.22. The molecule has 2 rings (SSSR count). The number of rotatable bonds is 9. The first kappa shape index (κ1) is 19.1. The number of quaternary nitrogens is 2. The molecule has 6 nitrogen and oxygen atoms in total. The predicted octanol–water partition coefficient (Wildman–Crippen LogP) is 0.542.